The van der Waals surface area contributed by atoms with Crippen LogP contribution in [0.25, 0.3) is 16.8 Å². The molecule has 42 heavy (non-hydrogen) atoms. The van der Waals surface area contributed by atoms with Crippen LogP contribution < -0.4 is 16.2 Å². The number of piperazine rings is 1. The minimum Gasteiger partial charge on any atom is -0.379 e. The molecule has 5 rings (SSSR count). The van der Waals surface area contributed by atoms with Crippen LogP contribution in [0.2, 0.25) is 0 Å². The molecule has 1 unspecified atom stereocenters. The van der Waals surface area contributed by atoms with E-state index in [0.717, 1.165) is 36.0 Å². The van der Waals surface area contributed by atoms with Gasteiger partial charge >= 0.3 is 6.18 Å². The van der Waals surface area contributed by atoms with Crippen molar-refractivity contribution in [3.05, 3.63) is 81.5 Å². The van der Waals surface area contributed by atoms with Crippen molar-refractivity contribution in [3.8, 4) is 16.8 Å². The molecule has 1 atom stereocenters. The number of rotatable bonds is 6. The summed E-state index contributed by atoms with van der Waals surface area (Å²) < 4.78 is 62.8. The third-order valence-electron chi connectivity index (χ3n) is 7.85. The van der Waals surface area contributed by atoms with E-state index in [1.807, 2.05) is 14.0 Å². The summed E-state index contributed by atoms with van der Waals surface area (Å²) in [6.07, 6.45) is -4.12. The van der Waals surface area contributed by atoms with E-state index in [1.165, 1.54) is 6.07 Å². The van der Waals surface area contributed by atoms with Gasteiger partial charge < -0.3 is 20.3 Å². The average Bonchev–Trinajstić information content (AvgIpc) is 2.94. The molecule has 0 aliphatic carbocycles. The van der Waals surface area contributed by atoms with E-state index < -0.39 is 34.6 Å². The summed E-state index contributed by atoms with van der Waals surface area (Å²) in [6.45, 7) is 7.39. The number of aromatic nitrogens is 1. The molecule has 12 heteroatoms. The molecule has 2 aliphatic rings. The van der Waals surface area contributed by atoms with E-state index in [1.54, 1.807) is 30.3 Å². The maximum absolute atomic E-state index is 15.3. The monoisotopic (exact) mass is 587 g/mol. The largest absolute Gasteiger partial charge is 0.417 e. The number of hydrogen-bond donors (Lipinski definition) is 1. The second-order valence-electron chi connectivity index (χ2n) is 10.9. The predicted molar refractivity (Wildman–Crippen MR) is 151 cm³/mol. The Kier molecular flexibility index (Phi) is 8.40. The summed E-state index contributed by atoms with van der Waals surface area (Å²) in [6, 6.07) is 10.3. The van der Waals surface area contributed by atoms with E-state index in [4.69, 9.17) is 10.5 Å². The average molecular weight is 588 g/mol. The summed E-state index contributed by atoms with van der Waals surface area (Å²) in [4.78, 5) is 31.7. The Morgan fingerprint density at radius 3 is 2.43 bits per heavy atom. The van der Waals surface area contributed by atoms with Crippen LogP contribution in [0.3, 0.4) is 0 Å². The number of likely N-dealkylation sites (N-methyl/N-ethyl adjacent to an activating group) is 1. The summed E-state index contributed by atoms with van der Waals surface area (Å²) in [7, 11) is 1.99. The lowest BCUT2D eigenvalue weighted by molar-refractivity contribution is -0.138. The number of amides is 1. The van der Waals surface area contributed by atoms with Crippen molar-refractivity contribution in [2.45, 2.75) is 25.7 Å². The first-order chi connectivity index (χ1) is 19.9. The van der Waals surface area contributed by atoms with E-state index in [0.29, 0.717) is 50.2 Å². The quantitative estimate of drug-likeness (QED) is 0.443. The topological polar surface area (TPSA) is 84.0 Å². The van der Waals surface area contributed by atoms with Crippen LogP contribution in [-0.4, -0.2) is 79.3 Å². The van der Waals surface area contributed by atoms with Gasteiger partial charge in [-0.1, -0.05) is 12.1 Å². The van der Waals surface area contributed by atoms with Gasteiger partial charge in [0.15, 0.2) is 0 Å². The second kappa shape index (κ2) is 11.9. The molecule has 0 spiro atoms. The Morgan fingerprint density at radius 1 is 1.02 bits per heavy atom. The van der Waals surface area contributed by atoms with E-state index in [2.05, 4.69) is 14.7 Å². The van der Waals surface area contributed by atoms with Crippen molar-refractivity contribution in [1.29, 1.82) is 0 Å². The summed E-state index contributed by atoms with van der Waals surface area (Å²) in [5.74, 6) is -1.80. The molecule has 8 nitrogen and oxygen atoms in total. The fraction of sp³-hybridized carbons (Fsp3) is 0.400. The van der Waals surface area contributed by atoms with Gasteiger partial charge in [-0.05, 0) is 49.4 Å². The number of alkyl halides is 3. The van der Waals surface area contributed by atoms with Gasteiger partial charge in [-0.2, -0.15) is 13.2 Å². The molecule has 1 aromatic heterocycles. The molecule has 2 fully saturated rings. The smallest absolute Gasteiger partial charge is 0.379 e. The first-order valence-electron chi connectivity index (χ1n) is 13.7. The van der Waals surface area contributed by atoms with Gasteiger partial charge in [0.1, 0.15) is 5.82 Å². The van der Waals surface area contributed by atoms with Crippen molar-refractivity contribution >= 4 is 11.6 Å². The third-order valence-corrected chi connectivity index (χ3v) is 7.85. The molecule has 1 amide bonds. The highest BCUT2D eigenvalue weighted by Gasteiger charge is 2.36. The summed E-state index contributed by atoms with van der Waals surface area (Å²) in [5, 5.41) is 0. The van der Waals surface area contributed by atoms with Gasteiger partial charge in [0.05, 0.1) is 35.7 Å². The van der Waals surface area contributed by atoms with Gasteiger partial charge in [0.2, 0.25) is 0 Å². The number of ether oxygens (including phenoxy) is 1. The minimum absolute atomic E-state index is 0.00250. The van der Waals surface area contributed by atoms with Crippen molar-refractivity contribution in [1.82, 2.24) is 14.4 Å². The second-order valence-corrected chi connectivity index (χ2v) is 10.9. The Balaban J connectivity index is 1.66. The van der Waals surface area contributed by atoms with Crippen LogP contribution in [0.5, 0.6) is 0 Å². The standard InChI is InChI=1S/C30H33F4N5O3/c1-19-16-36(2)7-8-38(19)26-6-4-21(22-13-20(3-5-25(22)31)17-37-9-11-42-12-10-37)14-27(26)39-18-23(29(35)41)24(15-28(39)40)30(32,33)34/h3-6,13-15,18-19H,7-12,16-17H2,1-2H3,(H2,35,41). The number of primary amides is 1. The SMILES string of the molecule is CC1CN(C)CCN1c1ccc(-c2cc(CN3CCOCC3)ccc2F)cc1-n1cc(C(N)=O)c(C(F)(F)F)cc1=O. The molecule has 0 radical (unpaired) electrons. The van der Waals surface area contributed by atoms with Crippen LogP contribution in [0, 0.1) is 5.82 Å². The number of carbonyl (C=O) groups is 1. The van der Waals surface area contributed by atoms with Gasteiger partial charge in [-0.3, -0.25) is 19.1 Å². The van der Waals surface area contributed by atoms with Crippen LogP contribution >= 0.6 is 0 Å². The number of nitrogens with zero attached hydrogens (tertiary/aromatic N) is 4. The number of pyridine rings is 1. The van der Waals surface area contributed by atoms with Crippen LogP contribution in [0.4, 0.5) is 23.2 Å². The number of nitrogens with two attached hydrogens (primary N) is 1. The Morgan fingerprint density at radius 2 is 1.76 bits per heavy atom. The minimum atomic E-state index is -4.96. The lowest BCUT2D eigenvalue weighted by Gasteiger charge is -2.40. The van der Waals surface area contributed by atoms with Crippen LogP contribution in [0.1, 0.15) is 28.4 Å². The van der Waals surface area contributed by atoms with E-state index in [9.17, 15) is 22.8 Å². The van der Waals surface area contributed by atoms with E-state index in [-0.39, 0.29) is 17.3 Å². The van der Waals surface area contributed by atoms with Gasteiger partial charge in [-0.15, -0.1) is 0 Å². The summed E-state index contributed by atoms with van der Waals surface area (Å²) in [5.41, 5.74) is 4.51. The lowest BCUT2D eigenvalue weighted by atomic mass is 9.99. The van der Waals surface area contributed by atoms with E-state index >= 15 is 4.39 Å². The molecule has 0 saturated carbocycles. The number of benzene rings is 2. The van der Waals surface area contributed by atoms with Gasteiger partial charge in [-0.25, -0.2) is 4.39 Å². The summed E-state index contributed by atoms with van der Waals surface area (Å²) >= 11 is 0. The normalized spacial score (nSPS) is 18.8. The first-order valence-corrected chi connectivity index (χ1v) is 13.7. The third kappa shape index (κ3) is 6.20. The molecular formula is C30H33F4N5O3. The molecule has 2 saturated heterocycles. The number of halogens is 4. The van der Waals surface area contributed by atoms with Crippen LogP contribution in [-0.2, 0) is 17.5 Å². The number of carbonyl (C=O) groups excluding carboxylic acids is 1. The maximum Gasteiger partial charge on any atom is 0.417 e. The molecular weight excluding hydrogens is 554 g/mol. The fourth-order valence-electron chi connectivity index (χ4n) is 5.69. The maximum atomic E-state index is 15.3. The molecule has 3 aromatic rings. The fourth-order valence-corrected chi connectivity index (χ4v) is 5.69. The predicted octanol–water partition coefficient (Wildman–Crippen LogP) is 3.73. The molecule has 2 N–H and O–H groups in total. The number of morpholine rings is 1. The van der Waals surface area contributed by atoms with Crippen molar-refractivity contribution in [2.75, 3.05) is 57.9 Å². The molecule has 2 aromatic carbocycles. The molecule has 2 aliphatic heterocycles. The lowest BCUT2D eigenvalue weighted by Crippen LogP contribution is -2.51. The van der Waals surface area contributed by atoms with Crippen LogP contribution in [0.15, 0.2) is 53.5 Å². The zero-order valence-electron chi connectivity index (χ0n) is 23.5. The Labute approximate surface area is 240 Å². The number of anilines is 1. The highest BCUT2D eigenvalue weighted by Crippen LogP contribution is 2.35. The van der Waals surface area contributed by atoms with Gasteiger partial charge in [0.25, 0.3) is 11.5 Å². The molecule has 0 bridgehead atoms. The first kappa shape index (κ1) is 29.7. The van der Waals surface area contributed by atoms with Crippen molar-refractivity contribution in [2.24, 2.45) is 5.73 Å². The highest BCUT2D eigenvalue weighted by molar-refractivity contribution is 5.94. The number of hydrogen-bond acceptors (Lipinski definition) is 6. The zero-order chi connectivity index (χ0) is 30.2. The Bertz CT molecular complexity index is 1530. The van der Waals surface area contributed by atoms with Crippen molar-refractivity contribution in [3.63, 3.8) is 0 Å². The zero-order valence-corrected chi connectivity index (χ0v) is 23.5. The van der Waals surface area contributed by atoms with Crippen molar-refractivity contribution < 1.29 is 27.1 Å². The highest BCUT2D eigenvalue weighted by atomic mass is 19.4. The molecule has 3 heterocycles. The van der Waals surface area contributed by atoms with Gasteiger partial charge in [0, 0.05) is 63.1 Å². The Hall–Kier alpha value is -3.74. The molecule has 224 valence electrons.